The molecular formula is C46H35N. The standard InChI is InChI=1S/C46H35N/c1-3-30-24-38-10-7-11-42(36-16-17-39-28-47-23-22-35(39)25-36)46(38)44-27-37(19-21-40(30)44)41-20-18-33-14-12-31-13-15-34(32-8-5-4-6-9-32)26-43(41)45(33)29(31)2/h4-23,25-28,30H,3,24H2,1-2H3/b15-13-,31-13?,34-15?,34-26?,43-26?. The minimum Gasteiger partial charge on any atom is -0.264 e. The predicted octanol–water partition coefficient (Wildman–Crippen LogP) is 12.3. The summed E-state index contributed by atoms with van der Waals surface area (Å²) in [6, 6.07) is 43.1. The second kappa shape index (κ2) is 11.1. The molecule has 1 unspecified atom stereocenters. The average molecular weight is 602 g/mol. The number of benzene rings is 6. The molecule has 224 valence electrons. The molecule has 1 heterocycles. The molecule has 0 aliphatic heterocycles. The fraction of sp³-hybridized carbons (Fsp3) is 0.109. The van der Waals surface area contributed by atoms with E-state index in [1.165, 1.54) is 93.9 Å². The largest absolute Gasteiger partial charge is 0.264 e. The molecule has 1 heteroatoms. The van der Waals surface area contributed by atoms with E-state index in [0.29, 0.717) is 5.92 Å². The molecule has 0 spiro atoms. The normalized spacial score (nSPS) is 15.5. The Labute approximate surface area is 276 Å². The number of fused-ring (bicyclic) bond motifs is 5. The molecule has 6 aromatic carbocycles. The summed E-state index contributed by atoms with van der Waals surface area (Å²) in [5, 5.41) is 5.02. The van der Waals surface area contributed by atoms with Gasteiger partial charge in [-0.2, -0.15) is 0 Å². The van der Waals surface area contributed by atoms with Crippen LogP contribution in [0.2, 0.25) is 0 Å². The molecule has 7 aromatic rings. The van der Waals surface area contributed by atoms with Crippen LogP contribution in [0.5, 0.6) is 0 Å². The van der Waals surface area contributed by atoms with Gasteiger partial charge >= 0.3 is 0 Å². The Balaban J connectivity index is 1.28. The SMILES string of the molecule is CCC1Cc2cccc(-c3ccc4cnccc4c3)c2-c2cc(-c3ccc4ccc5c(C)c4c3C=C(c3ccccc3)/C=C\5)ccc21. The Bertz CT molecular complexity index is 2430. The molecule has 2 aliphatic rings. The summed E-state index contributed by atoms with van der Waals surface area (Å²) in [7, 11) is 0. The molecule has 0 fully saturated rings. The zero-order chi connectivity index (χ0) is 31.5. The minimum atomic E-state index is 0.505. The van der Waals surface area contributed by atoms with Crippen molar-refractivity contribution in [2.75, 3.05) is 0 Å². The minimum absolute atomic E-state index is 0.505. The van der Waals surface area contributed by atoms with E-state index in [2.05, 4.69) is 152 Å². The number of rotatable bonds is 4. The van der Waals surface area contributed by atoms with Gasteiger partial charge in [0.25, 0.3) is 0 Å². The van der Waals surface area contributed by atoms with Gasteiger partial charge in [-0.1, -0.05) is 116 Å². The van der Waals surface area contributed by atoms with Crippen molar-refractivity contribution in [2.24, 2.45) is 0 Å². The Morgan fingerprint density at radius 2 is 1.49 bits per heavy atom. The summed E-state index contributed by atoms with van der Waals surface area (Å²) in [6.07, 6.45) is 13.0. The fourth-order valence-electron chi connectivity index (χ4n) is 8.03. The third-order valence-electron chi connectivity index (χ3n) is 10.5. The molecule has 1 atom stereocenters. The Morgan fingerprint density at radius 1 is 0.660 bits per heavy atom. The van der Waals surface area contributed by atoms with Crippen LogP contribution < -0.4 is 0 Å². The van der Waals surface area contributed by atoms with Crippen LogP contribution in [0.4, 0.5) is 0 Å². The molecule has 9 rings (SSSR count). The third kappa shape index (κ3) is 4.57. The van der Waals surface area contributed by atoms with Crippen LogP contribution in [0.15, 0.2) is 134 Å². The third-order valence-corrected chi connectivity index (χ3v) is 10.5. The van der Waals surface area contributed by atoms with E-state index < -0.39 is 0 Å². The van der Waals surface area contributed by atoms with Gasteiger partial charge in [-0.05, 0) is 138 Å². The summed E-state index contributed by atoms with van der Waals surface area (Å²) < 4.78 is 0. The van der Waals surface area contributed by atoms with E-state index in [4.69, 9.17) is 0 Å². The van der Waals surface area contributed by atoms with Gasteiger partial charge in [-0.25, -0.2) is 0 Å². The lowest BCUT2D eigenvalue weighted by molar-refractivity contribution is 0.654. The van der Waals surface area contributed by atoms with Crippen LogP contribution >= 0.6 is 0 Å². The van der Waals surface area contributed by atoms with Gasteiger partial charge in [0.05, 0.1) is 0 Å². The second-order valence-electron chi connectivity index (χ2n) is 13.1. The van der Waals surface area contributed by atoms with Gasteiger partial charge < -0.3 is 0 Å². The summed E-state index contributed by atoms with van der Waals surface area (Å²) in [5.41, 5.74) is 17.1. The molecule has 0 saturated carbocycles. The average Bonchev–Trinajstić information content (AvgIpc) is 3.12. The van der Waals surface area contributed by atoms with E-state index in [9.17, 15) is 0 Å². The van der Waals surface area contributed by atoms with Gasteiger partial charge in [0, 0.05) is 17.8 Å². The summed E-state index contributed by atoms with van der Waals surface area (Å²) in [4.78, 5) is 4.34. The van der Waals surface area contributed by atoms with E-state index >= 15 is 0 Å². The fourth-order valence-corrected chi connectivity index (χ4v) is 8.03. The molecule has 0 radical (unpaired) electrons. The highest BCUT2D eigenvalue weighted by Crippen LogP contribution is 2.48. The number of hydrogen-bond donors (Lipinski definition) is 0. The number of nitrogens with zero attached hydrogens (tertiary/aromatic N) is 1. The van der Waals surface area contributed by atoms with Crippen LogP contribution in [-0.4, -0.2) is 4.98 Å². The molecule has 0 amide bonds. The Morgan fingerprint density at radius 3 is 2.38 bits per heavy atom. The smallest absolute Gasteiger partial charge is 0.0346 e. The molecule has 0 N–H and O–H groups in total. The van der Waals surface area contributed by atoms with Gasteiger partial charge in [0.2, 0.25) is 0 Å². The first kappa shape index (κ1) is 27.8. The monoisotopic (exact) mass is 601 g/mol. The molecule has 2 aliphatic carbocycles. The summed E-state index contributed by atoms with van der Waals surface area (Å²) >= 11 is 0. The molecule has 1 aromatic heterocycles. The maximum absolute atomic E-state index is 4.34. The van der Waals surface area contributed by atoms with E-state index in [1.54, 1.807) is 0 Å². The highest BCUT2D eigenvalue weighted by molar-refractivity contribution is 6.07. The van der Waals surface area contributed by atoms with Crippen LogP contribution in [0.3, 0.4) is 0 Å². The van der Waals surface area contributed by atoms with Gasteiger partial charge in [-0.3, -0.25) is 4.98 Å². The Kier molecular flexibility index (Phi) is 6.54. The molecular weight excluding hydrogens is 567 g/mol. The van der Waals surface area contributed by atoms with Crippen LogP contribution in [-0.2, 0) is 6.42 Å². The predicted molar refractivity (Wildman–Crippen MR) is 200 cm³/mol. The van der Waals surface area contributed by atoms with Crippen LogP contribution in [0.25, 0.3) is 72.7 Å². The van der Waals surface area contributed by atoms with Crippen LogP contribution in [0.1, 0.15) is 52.6 Å². The number of pyridine rings is 1. The zero-order valence-corrected chi connectivity index (χ0v) is 26.8. The van der Waals surface area contributed by atoms with Crippen molar-refractivity contribution in [1.82, 2.24) is 4.98 Å². The van der Waals surface area contributed by atoms with Crippen molar-refractivity contribution in [3.8, 4) is 33.4 Å². The first-order chi connectivity index (χ1) is 23.2. The van der Waals surface area contributed by atoms with Crippen molar-refractivity contribution >= 4 is 39.3 Å². The van der Waals surface area contributed by atoms with E-state index in [1.807, 2.05) is 12.4 Å². The molecule has 1 nitrogen and oxygen atoms in total. The maximum Gasteiger partial charge on any atom is 0.0346 e. The highest BCUT2D eigenvalue weighted by Gasteiger charge is 2.27. The number of aryl methyl sites for hydroxylation is 1. The molecule has 0 saturated heterocycles. The first-order valence-corrected chi connectivity index (χ1v) is 16.8. The molecule has 2 bridgehead atoms. The maximum atomic E-state index is 4.34. The topological polar surface area (TPSA) is 12.9 Å². The highest BCUT2D eigenvalue weighted by atomic mass is 14.6. The van der Waals surface area contributed by atoms with Gasteiger partial charge in [0.15, 0.2) is 0 Å². The molecule has 47 heavy (non-hydrogen) atoms. The lowest BCUT2D eigenvalue weighted by Crippen LogP contribution is -2.11. The second-order valence-corrected chi connectivity index (χ2v) is 13.1. The van der Waals surface area contributed by atoms with Crippen molar-refractivity contribution < 1.29 is 0 Å². The lowest BCUT2D eigenvalue weighted by atomic mass is 9.74. The van der Waals surface area contributed by atoms with E-state index in [-0.39, 0.29) is 0 Å². The van der Waals surface area contributed by atoms with Gasteiger partial charge in [-0.15, -0.1) is 0 Å². The van der Waals surface area contributed by atoms with Gasteiger partial charge in [0.1, 0.15) is 0 Å². The van der Waals surface area contributed by atoms with Crippen molar-refractivity contribution in [3.63, 3.8) is 0 Å². The zero-order valence-electron chi connectivity index (χ0n) is 26.8. The number of aromatic nitrogens is 1. The van der Waals surface area contributed by atoms with E-state index in [0.717, 1.165) is 12.8 Å². The van der Waals surface area contributed by atoms with Crippen molar-refractivity contribution in [3.05, 3.63) is 167 Å². The Hall–Kier alpha value is -5.53. The summed E-state index contributed by atoms with van der Waals surface area (Å²) in [6.45, 7) is 4.61. The van der Waals surface area contributed by atoms with Crippen molar-refractivity contribution in [2.45, 2.75) is 32.6 Å². The number of hydrogen-bond acceptors (Lipinski definition) is 1. The van der Waals surface area contributed by atoms with Crippen molar-refractivity contribution in [1.29, 1.82) is 0 Å². The first-order valence-electron chi connectivity index (χ1n) is 16.8. The quantitative estimate of drug-likeness (QED) is 0.196. The lowest BCUT2D eigenvalue weighted by Gasteiger charge is -2.30. The van der Waals surface area contributed by atoms with Crippen LogP contribution in [0, 0.1) is 6.92 Å². The summed E-state index contributed by atoms with van der Waals surface area (Å²) in [5.74, 6) is 0.505. The number of allylic oxidation sites excluding steroid dienone is 2.